The van der Waals surface area contributed by atoms with Crippen molar-refractivity contribution >= 4 is 5.91 Å². The Balaban J connectivity index is 1.42. The Labute approximate surface area is 147 Å². The molecule has 2 aromatic heterocycles. The fraction of sp³-hybridized carbons (Fsp3) is 0.556. The molecule has 0 aromatic carbocycles. The van der Waals surface area contributed by atoms with Crippen LogP contribution < -0.4 is 0 Å². The maximum atomic E-state index is 12.8. The highest BCUT2D eigenvalue weighted by Crippen LogP contribution is 2.25. The smallest absolute Gasteiger partial charge is 0.270 e. The zero-order chi connectivity index (χ0) is 17.4. The molecule has 0 radical (unpaired) electrons. The predicted octanol–water partition coefficient (Wildman–Crippen LogP) is 0.732. The van der Waals surface area contributed by atoms with Gasteiger partial charge in [-0.1, -0.05) is 0 Å². The van der Waals surface area contributed by atoms with Crippen LogP contribution >= 0.6 is 0 Å². The second-order valence-electron chi connectivity index (χ2n) is 7.14. The normalized spacial score (nSPS) is 24.3. The Bertz CT molecular complexity index is 752. The molecule has 134 valence electrons. The Kier molecular flexibility index (Phi) is 4.35. The van der Waals surface area contributed by atoms with Gasteiger partial charge in [-0.2, -0.15) is 5.10 Å². The number of nitrogens with zero attached hydrogens (tertiary/aromatic N) is 5. The molecule has 0 bridgehead atoms. The van der Waals surface area contributed by atoms with Gasteiger partial charge in [0.1, 0.15) is 5.69 Å². The largest absolute Gasteiger partial charge is 0.375 e. The lowest BCUT2D eigenvalue weighted by molar-refractivity contribution is 0.0481. The Morgan fingerprint density at radius 1 is 1.32 bits per heavy atom. The number of ether oxygens (including phenoxy) is 1. The van der Waals surface area contributed by atoms with Crippen LogP contribution in [0.5, 0.6) is 0 Å². The molecule has 7 nitrogen and oxygen atoms in total. The fourth-order valence-electron chi connectivity index (χ4n) is 3.93. The first-order valence-corrected chi connectivity index (χ1v) is 8.82. The van der Waals surface area contributed by atoms with Gasteiger partial charge in [-0.25, -0.2) is 0 Å². The van der Waals surface area contributed by atoms with Gasteiger partial charge in [0.2, 0.25) is 0 Å². The number of rotatable bonds is 3. The number of hydrogen-bond acceptors (Lipinski definition) is 4. The van der Waals surface area contributed by atoms with Crippen LogP contribution in [0.1, 0.15) is 16.1 Å². The third kappa shape index (κ3) is 3.34. The first kappa shape index (κ1) is 16.4. The van der Waals surface area contributed by atoms with Gasteiger partial charge >= 0.3 is 0 Å². The third-order valence-electron chi connectivity index (χ3n) is 5.23. The number of aryl methyl sites for hydroxylation is 2. The zero-order valence-electron chi connectivity index (χ0n) is 14.8. The summed E-state index contributed by atoms with van der Waals surface area (Å²) in [6.45, 7) is 4.93. The number of carbonyl (C=O) groups is 1. The number of carbonyl (C=O) groups excluding carboxylic acids is 1. The van der Waals surface area contributed by atoms with E-state index in [2.05, 4.69) is 16.2 Å². The summed E-state index contributed by atoms with van der Waals surface area (Å²) in [5.41, 5.74) is 1.96. The van der Waals surface area contributed by atoms with Crippen molar-refractivity contribution in [2.24, 2.45) is 20.0 Å². The molecule has 2 aliphatic rings. The number of amides is 1. The molecular formula is C18H25N5O2. The van der Waals surface area contributed by atoms with E-state index in [1.165, 1.54) is 5.56 Å². The minimum atomic E-state index is 0.1000. The van der Waals surface area contributed by atoms with Crippen molar-refractivity contribution in [3.63, 3.8) is 0 Å². The molecule has 0 saturated carbocycles. The molecular weight excluding hydrogens is 318 g/mol. The van der Waals surface area contributed by atoms with E-state index in [9.17, 15) is 4.79 Å². The van der Waals surface area contributed by atoms with Crippen LogP contribution in [0, 0.1) is 5.92 Å². The van der Waals surface area contributed by atoms with E-state index in [0.29, 0.717) is 19.1 Å². The summed E-state index contributed by atoms with van der Waals surface area (Å²) >= 11 is 0. The van der Waals surface area contributed by atoms with Crippen molar-refractivity contribution in [2.75, 3.05) is 32.8 Å². The molecule has 0 spiro atoms. The second kappa shape index (κ2) is 6.65. The third-order valence-corrected chi connectivity index (χ3v) is 5.23. The topological polar surface area (TPSA) is 55.5 Å². The molecule has 7 heteroatoms. The number of aromatic nitrogens is 3. The summed E-state index contributed by atoms with van der Waals surface area (Å²) in [6, 6.07) is 3.79. The average molecular weight is 343 g/mol. The first-order valence-electron chi connectivity index (χ1n) is 8.82. The molecule has 2 fully saturated rings. The minimum Gasteiger partial charge on any atom is -0.375 e. The van der Waals surface area contributed by atoms with Crippen molar-refractivity contribution < 1.29 is 9.53 Å². The van der Waals surface area contributed by atoms with Gasteiger partial charge < -0.3 is 14.2 Å². The Hall–Kier alpha value is -2.12. The van der Waals surface area contributed by atoms with Crippen LogP contribution in [0.3, 0.4) is 0 Å². The van der Waals surface area contributed by atoms with Crippen molar-refractivity contribution in [2.45, 2.75) is 12.6 Å². The van der Waals surface area contributed by atoms with Gasteiger partial charge in [0.15, 0.2) is 0 Å². The molecule has 0 aliphatic carbocycles. The molecule has 2 aromatic rings. The van der Waals surface area contributed by atoms with E-state index in [1.54, 1.807) is 0 Å². The molecule has 2 aliphatic heterocycles. The van der Waals surface area contributed by atoms with Gasteiger partial charge in [0.05, 0.1) is 18.9 Å². The minimum absolute atomic E-state index is 0.1000. The molecule has 0 unspecified atom stereocenters. The Morgan fingerprint density at radius 3 is 2.92 bits per heavy atom. The van der Waals surface area contributed by atoms with Gasteiger partial charge in [0.25, 0.3) is 5.91 Å². The standard InChI is InChI=1S/C18H25N5O2/c1-20-5-3-4-16(20)18(24)23-12-15-11-22(6-7-25-17(15)13-23)10-14-8-19-21(2)9-14/h3-5,8-9,15,17H,6-7,10-13H2,1-2H3/t15-,17+/m0/s1. The maximum Gasteiger partial charge on any atom is 0.270 e. The van der Waals surface area contributed by atoms with Crippen LogP contribution in [0.15, 0.2) is 30.7 Å². The summed E-state index contributed by atoms with van der Waals surface area (Å²) in [5.74, 6) is 0.464. The lowest BCUT2D eigenvalue weighted by Crippen LogP contribution is -2.34. The SMILES string of the molecule is Cn1cc(CN2CCO[C@@H]3CN(C(=O)c4cccn4C)C[C@@H]3C2)cn1. The van der Waals surface area contributed by atoms with E-state index < -0.39 is 0 Å². The van der Waals surface area contributed by atoms with E-state index in [0.717, 1.165) is 31.9 Å². The van der Waals surface area contributed by atoms with Crippen LogP contribution in [-0.4, -0.2) is 68.9 Å². The number of hydrogen-bond donors (Lipinski definition) is 0. The highest BCUT2D eigenvalue weighted by atomic mass is 16.5. The summed E-state index contributed by atoms with van der Waals surface area (Å²) in [7, 11) is 3.85. The second-order valence-corrected chi connectivity index (χ2v) is 7.14. The van der Waals surface area contributed by atoms with Crippen LogP contribution in [-0.2, 0) is 25.4 Å². The van der Waals surface area contributed by atoms with Crippen LogP contribution in [0.25, 0.3) is 0 Å². The molecule has 2 atom stereocenters. The monoisotopic (exact) mass is 343 g/mol. The van der Waals surface area contributed by atoms with E-state index in [-0.39, 0.29) is 12.0 Å². The molecule has 1 amide bonds. The summed E-state index contributed by atoms with van der Waals surface area (Å²) in [5, 5.41) is 4.25. The van der Waals surface area contributed by atoms with Crippen LogP contribution in [0.4, 0.5) is 0 Å². The highest BCUT2D eigenvalue weighted by Gasteiger charge is 2.39. The van der Waals surface area contributed by atoms with Crippen LogP contribution in [0.2, 0.25) is 0 Å². The fourth-order valence-corrected chi connectivity index (χ4v) is 3.93. The van der Waals surface area contributed by atoms with Gasteiger partial charge in [-0.3, -0.25) is 14.4 Å². The molecule has 0 N–H and O–H groups in total. The maximum absolute atomic E-state index is 12.8. The average Bonchev–Trinajstić information content (AvgIpc) is 3.26. The zero-order valence-corrected chi connectivity index (χ0v) is 14.8. The van der Waals surface area contributed by atoms with Crippen molar-refractivity contribution in [3.8, 4) is 0 Å². The van der Waals surface area contributed by atoms with Gasteiger partial charge in [0, 0.05) is 70.7 Å². The van der Waals surface area contributed by atoms with Gasteiger partial charge in [-0.05, 0) is 12.1 Å². The van der Waals surface area contributed by atoms with Crippen molar-refractivity contribution in [1.82, 2.24) is 24.1 Å². The van der Waals surface area contributed by atoms with E-state index in [1.807, 2.05) is 52.8 Å². The summed E-state index contributed by atoms with van der Waals surface area (Å²) < 4.78 is 9.78. The van der Waals surface area contributed by atoms with E-state index >= 15 is 0 Å². The summed E-state index contributed by atoms with van der Waals surface area (Å²) in [4.78, 5) is 17.1. The molecule has 2 saturated heterocycles. The quantitative estimate of drug-likeness (QED) is 0.825. The number of fused-ring (bicyclic) bond motifs is 1. The summed E-state index contributed by atoms with van der Waals surface area (Å²) in [6.07, 6.45) is 6.03. The number of likely N-dealkylation sites (tertiary alicyclic amines) is 1. The predicted molar refractivity (Wildman–Crippen MR) is 93.0 cm³/mol. The first-order chi connectivity index (χ1) is 12.1. The van der Waals surface area contributed by atoms with Crippen molar-refractivity contribution in [1.29, 1.82) is 0 Å². The lowest BCUT2D eigenvalue weighted by atomic mass is 10.1. The molecule has 25 heavy (non-hydrogen) atoms. The molecule has 4 heterocycles. The van der Waals surface area contributed by atoms with Gasteiger partial charge in [-0.15, -0.1) is 0 Å². The lowest BCUT2D eigenvalue weighted by Gasteiger charge is -2.23. The Morgan fingerprint density at radius 2 is 2.20 bits per heavy atom. The highest BCUT2D eigenvalue weighted by molar-refractivity contribution is 5.93. The molecule has 4 rings (SSSR count). The van der Waals surface area contributed by atoms with Crippen molar-refractivity contribution in [3.05, 3.63) is 42.0 Å². The van der Waals surface area contributed by atoms with E-state index in [4.69, 9.17) is 4.74 Å².